The molecule has 0 radical (unpaired) electrons. The highest BCUT2D eigenvalue weighted by Crippen LogP contribution is 2.09. The van der Waals surface area contributed by atoms with Gasteiger partial charge in [0.15, 0.2) is 0 Å². The largest absolute Gasteiger partial charge is 0.469 e. The van der Waals surface area contributed by atoms with Crippen LogP contribution in [-0.4, -0.2) is 36.7 Å². The maximum absolute atomic E-state index is 10.9. The summed E-state index contributed by atoms with van der Waals surface area (Å²) >= 11 is 0. The van der Waals surface area contributed by atoms with E-state index < -0.39 is 0 Å². The zero-order valence-electron chi connectivity index (χ0n) is 13.3. The summed E-state index contributed by atoms with van der Waals surface area (Å²) < 4.78 is 4.58. The number of amides is 1. The summed E-state index contributed by atoms with van der Waals surface area (Å²) in [6, 6.07) is -0.277. The number of carbonyl (C=O) groups excluding carboxylic acids is 2. The fourth-order valence-electron chi connectivity index (χ4n) is 2.02. The van der Waals surface area contributed by atoms with Crippen molar-refractivity contribution < 1.29 is 19.4 Å². The summed E-state index contributed by atoms with van der Waals surface area (Å²) in [6.45, 7) is 1.37. The molecule has 0 aromatic carbocycles. The van der Waals surface area contributed by atoms with E-state index in [0.717, 1.165) is 38.5 Å². The Kier molecular flexibility index (Phi) is 12.7. The van der Waals surface area contributed by atoms with Crippen LogP contribution in [0.5, 0.6) is 0 Å². The minimum absolute atomic E-state index is 0.0731. The van der Waals surface area contributed by atoms with Gasteiger partial charge in [0.2, 0.25) is 5.91 Å². The van der Waals surface area contributed by atoms with Crippen LogP contribution in [0.3, 0.4) is 0 Å². The number of methoxy groups -OCH3 is 1. The SMILES string of the molecule is COC(=O)CCCCCCCC/C=C/C(CO)NC(C)=O. The van der Waals surface area contributed by atoms with Crippen molar-refractivity contribution in [3.63, 3.8) is 0 Å². The summed E-state index contributed by atoms with van der Waals surface area (Å²) in [7, 11) is 1.42. The topological polar surface area (TPSA) is 75.6 Å². The minimum Gasteiger partial charge on any atom is -0.469 e. The Labute approximate surface area is 127 Å². The van der Waals surface area contributed by atoms with Gasteiger partial charge in [-0.25, -0.2) is 0 Å². The molecule has 5 heteroatoms. The van der Waals surface area contributed by atoms with E-state index in [1.54, 1.807) is 0 Å². The molecule has 122 valence electrons. The summed E-state index contributed by atoms with van der Waals surface area (Å²) in [5.74, 6) is -0.261. The maximum Gasteiger partial charge on any atom is 0.305 e. The van der Waals surface area contributed by atoms with E-state index in [9.17, 15) is 9.59 Å². The molecule has 0 saturated carbocycles. The van der Waals surface area contributed by atoms with Gasteiger partial charge in [0.05, 0.1) is 19.8 Å². The third-order valence-electron chi connectivity index (χ3n) is 3.18. The smallest absolute Gasteiger partial charge is 0.305 e. The number of hydrogen-bond donors (Lipinski definition) is 2. The summed E-state index contributed by atoms with van der Waals surface area (Å²) in [5, 5.41) is 11.7. The van der Waals surface area contributed by atoms with Gasteiger partial charge in [0.1, 0.15) is 0 Å². The van der Waals surface area contributed by atoms with E-state index in [1.165, 1.54) is 20.5 Å². The van der Waals surface area contributed by atoms with Crippen LogP contribution < -0.4 is 5.32 Å². The second-order valence-corrected chi connectivity index (χ2v) is 5.15. The number of ether oxygens (including phenoxy) is 1. The van der Waals surface area contributed by atoms with Gasteiger partial charge in [-0.2, -0.15) is 0 Å². The highest BCUT2D eigenvalue weighted by atomic mass is 16.5. The number of allylic oxidation sites excluding steroid dienone is 1. The number of aliphatic hydroxyl groups excluding tert-OH is 1. The number of nitrogens with one attached hydrogen (secondary N) is 1. The number of carbonyl (C=O) groups is 2. The molecule has 0 fully saturated rings. The van der Waals surface area contributed by atoms with Crippen molar-refractivity contribution in [3.05, 3.63) is 12.2 Å². The van der Waals surface area contributed by atoms with Crippen molar-refractivity contribution in [3.8, 4) is 0 Å². The third-order valence-corrected chi connectivity index (χ3v) is 3.18. The molecule has 0 bridgehead atoms. The van der Waals surface area contributed by atoms with E-state index in [4.69, 9.17) is 5.11 Å². The molecule has 21 heavy (non-hydrogen) atoms. The average Bonchev–Trinajstić information content (AvgIpc) is 2.47. The first kappa shape index (κ1) is 19.6. The van der Waals surface area contributed by atoms with E-state index in [1.807, 2.05) is 12.2 Å². The summed E-state index contributed by atoms with van der Waals surface area (Å²) in [4.78, 5) is 21.7. The molecular formula is C16H29NO4. The van der Waals surface area contributed by atoms with Gasteiger partial charge >= 0.3 is 5.97 Å². The average molecular weight is 299 g/mol. The Morgan fingerprint density at radius 2 is 1.76 bits per heavy atom. The fourth-order valence-corrected chi connectivity index (χ4v) is 2.02. The molecule has 0 aliphatic carbocycles. The Hall–Kier alpha value is -1.36. The second kappa shape index (κ2) is 13.6. The van der Waals surface area contributed by atoms with Gasteiger partial charge < -0.3 is 15.2 Å². The molecule has 0 aromatic rings. The van der Waals surface area contributed by atoms with Crippen molar-refractivity contribution in [1.82, 2.24) is 5.32 Å². The first-order valence-electron chi connectivity index (χ1n) is 7.71. The van der Waals surface area contributed by atoms with Crippen LogP contribution in [0, 0.1) is 0 Å². The molecule has 0 rings (SSSR count). The lowest BCUT2D eigenvalue weighted by molar-refractivity contribution is -0.140. The molecule has 5 nitrogen and oxygen atoms in total. The highest BCUT2D eigenvalue weighted by molar-refractivity contribution is 5.73. The van der Waals surface area contributed by atoms with Gasteiger partial charge in [-0.1, -0.05) is 37.8 Å². The van der Waals surface area contributed by atoms with Crippen LogP contribution in [0.1, 0.15) is 58.3 Å². The summed E-state index contributed by atoms with van der Waals surface area (Å²) in [5.41, 5.74) is 0. The molecule has 0 spiro atoms. The zero-order valence-corrected chi connectivity index (χ0v) is 13.3. The van der Waals surface area contributed by atoms with Crippen LogP contribution >= 0.6 is 0 Å². The summed E-state index contributed by atoms with van der Waals surface area (Å²) in [6.07, 6.45) is 11.9. The molecule has 0 heterocycles. The predicted molar refractivity (Wildman–Crippen MR) is 82.8 cm³/mol. The molecule has 1 unspecified atom stereocenters. The normalized spacial score (nSPS) is 12.3. The number of unbranched alkanes of at least 4 members (excludes halogenated alkanes) is 6. The lowest BCUT2D eigenvalue weighted by atomic mass is 10.1. The fraction of sp³-hybridized carbons (Fsp3) is 0.750. The van der Waals surface area contributed by atoms with Crippen LogP contribution in [0.4, 0.5) is 0 Å². The lowest BCUT2D eigenvalue weighted by Gasteiger charge is -2.09. The van der Waals surface area contributed by atoms with Crippen molar-refractivity contribution in [2.75, 3.05) is 13.7 Å². The molecule has 2 N–H and O–H groups in total. The molecule has 0 aliphatic heterocycles. The Balaban J connectivity index is 3.42. The zero-order chi connectivity index (χ0) is 15.9. The maximum atomic E-state index is 10.9. The van der Waals surface area contributed by atoms with E-state index in [-0.39, 0.29) is 24.5 Å². The highest BCUT2D eigenvalue weighted by Gasteiger charge is 2.02. The number of esters is 1. The molecule has 1 atom stereocenters. The van der Waals surface area contributed by atoms with E-state index in [0.29, 0.717) is 6.42 Å². The first-order chi connectivity index (χ1) is 10.1. The molecule has 0 aromatic heterocycles. The van der Waals surface area contributed by atoms with Gasteiger partial charge in [0, 0.05) is 13.3 Å². The van der Waals surface area contributed by atoms with Crippen molar-refractivity contribution >= 4 is 11.9 Å². The van der Waals surface area contributed by atoms with Crippen LogP contribution in [0.2, 0.25) is 0 Å². The van der Waals surface area contributed by atoms with Gasteiger partial charge in [-0.05, 0) is 19.3 Å². The number of rotatable bonds is 12. The Bertz CT molecular complexity index is 315. The second-order valence-electron chi connectivity index (χ2n) is 5.15. The third kappa shape index (κ3) is 13.4. The minimum atomic E-state index is -0.277. The van der Waals surface area contributed by atoms with Crippen LogP contribution in [0.25, 0.3) is 0 Å². The molecular weight excluding hydrogens is 270 g/mol. The van der Waals surface area contributed by atoms with Gasteiger partial charge in [-0.15, -0.1) is 0 Å². The Morgan fingerprint density at radius 3 is 2.33 bits per heavy atom. The monoisotopic (exact) mass is 299 g/mol. The van der Waals surface area contributed by atoms with Gasteiger partial charge in [-0.3, -0.25) is 9.59 Å². The van der Waals surface area contributed by atoms with Crippen molar-refractivity contribution in [1.29, 1.82) is 0 Å². The Morgan fingerprint density at radius 1 is 1.14 bits per heavy atom. The van der Waals surface area contributed by atoms with Crippen molar-refractivity contribution in [2.45, 2.75) is 64.3 Å². The number of aliphatic hydroxyl groups is 1. The standard InChI is InChI=1S/C16H29NO4/c1-14(19)17-15(13-18)11-9-7-5-3-4-6-8-10-12-16(20)21-2/h9,11,15,18H,3-8,10,12-13H2,1-2H3,(H,17,19)/b11-9+. The first-order valence-corrected chi connectivity index (χ1v) is 7.71. The van der Waals surface area contributed by atoms with E-state index >= 15 is 0 Å². The molecule has 0 aliphatic rings. The van der Waals surface area contributed by atoms with E-state index in [2.05, 4.69) is 10.1 Å². The molecule has 1 amide bonds. The van der Waals surface area contributed by atoms with Crippen molar-refractivity contribution in [2.24, 2.45) is 0 Å². The molecule has 0 saturated heterocycles. The predicted octanol–water partition coefficient (Wildman–Crippen LogP) is 2.33. The lowest BCUT2D eigenvalue weighted by Crippen LogP contribution is -2.34. The number of hydrogen-bond acceptors (Lipinski definition) is 4. The van der Waals surface area contributed by atoms with Gasteiger partial charge in [0.25, 0.3) is 0 Å². The van der Waals surface area contributed by atoms with Crippen LogP contribution in [-0.2, 0) is 14.3 Å². The van der Waals surface area contributed by atoms with Crippen LogP contribution in [0.15, 0.2) is 12.2 Å². The quantitative estimate of drug-likeness (QED) is 0.329.